The molecule has 0 radical (unpaired) electrons. The minimum Gasteiger partial charge on any atom is -0.351 e. The summed E-state index contributed by atoms with van der Waals surface area (Å²) in [6, 6.07) is 10.1. The first kappa shape index (κ1) is 16.3. The smallest absolute Gasteiger partial charge is 0.261 e. The summed E-state index contributed by atoms with van der Waals surface area (Å²) in [5.41, 5.74) is 0. The molecule has 3 rings (SSSR count). The quantitative estimate of drug-likeness (QED) is 0.904. The highest BCUT2D eigenvalue weighted by Gasteiger charge is 2.14. The van der Waals surface area contributed by atoms with Crippen molar-refractivity contribution < 1.29 is 4.79 Å². The molecule has 1 atom stereocenters. The lowest BCUT2D eigenvalue weighted by molar-refractivity contribution is 0.0955. The number of fused-ring (bicyclic) bond motifs is 1. The van der Waals surface area contributed by atoms with Gasteiger partial charge in [-0.05, 0) is 55.8 Å². The molecule has 1 fully saturated rings. The average molecular weight is 325 g/mol. The number of amides is 1. The van der Waals surface area contributed by atoms with Gasteiger partial charge >= 0.3 is 0 Å². The number of halogens is 1. The van der Waals surface area contributed by atoms with Gasteiger partial charge < -0.3 is 10.6 Å². The summed E-state index contributed by atoms with van der Waals surface area (Å²) >= 11 is 1.57. The lowest BCUT2D eigenvalue weighted by Crippen LogP contribution is -2.33. The van der Waals surface area contributed by atoms with Crippen molar-refractivity contribution in [2.75, 3.05) is 19.6 Å². The maximum atomic E-state index is 12.1. The third kappa shape index (κ3) is 4.19. The fraction of sp³-hybridized carbons (Fsp3) is 0.438. The highest BCUT2D eigenvalue weighted by atomic mass is 35.5. The van der Waals surface area contributed by atoms with Gasteiger partial charge in [0.05, 0.1) is 4.88 Å². The minimum absolute atomic E-state index is 0. The first-order valence-electron chi connectivity index (χ1n) is 7.30. The Kier molecular flexibility index (Phi) is 6.03. The normalized spacial score (nSPS) is 18.2. The lowest BCUT2D eigenvalue weighted by Gasteiger charge is -2.22. The van der Waals surface area contributed by atoms with Crippen molar-refractivity contribution in [1.29, 1.82) is 0 Å². The summed E-state index contributed by atoms with van der Waals surface area (Å²) in [6.07, 6.45) is 3.62. The van der Waals surface area contributed by atoms with Crippen LogP contribution in [0.15, 0.2) is 30.3 Å². The Morgan fingerprint density at radius 3 is 3.00 bits per heavy atom. The zero-order chi connectivity index (χ0) is 13.8. The SMILES string of the molecule is Cl.O=C(NCCC1CCCNC1)c1cc2ccccc2s1. The first-order chi connectivity index (χ1) is 9.83. The highest BCUT2D eigenvalue weighted by Crippen LogP contribution is 2.25. The van der Waals surface area contributed by atoms with Crippen molar-refractivity contribution in [3.05, 3.63) is 35.2 Å². The van der Waals surface area contributed by atoms with Crippen molar-refractivity contribution in [3.8, 4) is 0 Å². The summed E-state index contributed by atoms with van der Waals surface area (Å²) in [4.78, 5) is 13.0. The minimum atomic E-state index is 0. The largest absolute Gasteiger partial charge is 0.351 e. The van der Waals surface area contributed by atoms with Gasteiger partial charge in [0.1, 0.15) is 0 Å². The Bertz CT molecular complexity index is 560. The zero-order valence-electron chi connectivity index (χ0n) is 11.9. The van der Waals surface area contributed by atoms with Crippen LogP contribution in [-0.2, 0) is 0 Å². The molecule has 1 amide bonds. The van der Waals surface area contributed by atoms with E-state index in [0.29, 0.717) is 5.92 Å². The Hall–Kier alpha value is -1.10. The van der Waals surface area contributed by atoms with Gasteiger partial charge in [0, 0.05) is 11.2 Å². The molecule has 2 aromatic rings. The predicted molar refractivity (Wildman–Crippen MR) is 91.6 cm³/mol. The summed E-state index contributed by atoms with van der Waals surface area (Å²) in [6.45, 7) is 3.02. The van der Waals surface area contributed by atoms with Gasteiger partial charge in [-0.25, -0.2) is 0 Å². The topological polar surface area (TPSA) is 41.1 Å². The molecule has 1 aliphatic rings. The highest BCUT2D eigenvalue weighted by molar-refractivity contribution is 7.20. The van der Waals surface area contributed by atoms with Crippen molar-refractivity contribution in [2.45, 2.75) is 19.3 Å². The molecule has 1 saturated heterocycles. The monoisotopic (exact) mass is 324 g/mol. The standard InChI is InChI=1S/C16H20N2OS.ClH/c19-16(18-9-7-12-4-3-8-17-11-12)15-10-13-5-1-2-6-14(13)20-15;/h1-2,5-6,10,12,17H,3-4,7-9,11H2,(H,18,19);1H. The number of benzene rings is 1. The number of nitrogens with one attached hydrogen (secondary N) is 2. The second-order valence-electron chi connectivity index (χ2n) is 5.41. The Balaban J connectivity index is 0.00000161. The van der Waals surface area contributed by atoms with Gasteiger partial charge in [0.15, 0.2) is 0 Å². The summed E-state index contributed by atoms with van der Waals surface area (Å²) in [5.74, 6) is 0.779. The van der Waals surface area contributed by atoms with Crippen LogP contribution in [0.4, 0.5) is 0 Å². The van der Waals surface area contributed by atoms with Crippen LogP contribution in [0.25, 0.3) is 10.1 Å². The van der Waals surface area contributed by atoms with Crippen LogP contribution in [0.5, 0.6) is 0 Å². The van der Waals surface area contributed by atoms with E-state index in [2.05, 4.69) is 22.8 Å². The van der Waals surface area contributed by atoms with Gasteiger partial charge in [-0.2, -0.15) is 0 Å². The van der Waals surface area contributed by atoms with E-state index in [9.17, 15) is 4.79 Å². The molecule has 5 heteroatoms. The zero-order valence-corrected chi connectivity index (χ0v) is 13.6. The van der Waals surface area contributed by atoms with E-state index in [1.165, 1.54) is 17.5 Å². The van der Waals surface area contributed by atoms with Crippen LogP contribution in [0.3, 0.4) is 0 Å². The van der Waals surface area contributed by atoms with E-state index in [1.54, 1.807) is 11.3 Å². The fourth-order valence-corrected chi connectivity index (χ4v) is 3.72. The average Bonchev–Trinajstić information content (AvgIpc) is 2.92. The molecule has 3 nitrogen and oxygen atoms in total. The molecule has 1 aromatic heterocycles. The number of carbonyl (C=O) groups excluding carboxylic acids is 1. The molecule has 114 valence electrons. The van der Waals surface area contributed by atoms with Gasteiger partial charge in [-0.3, -0.25) is 4.79 Å². The Morgan fingerprint density at radius 2 is 2.24 bits per heavy atom. The number of hydrogen-bond donors (Lipinski definition) is 2. The molecule has 2 heterocycles. The van der Waals surface area contributed by atoms with Crippen LogP contribution in [-0.4, -0.2) is 25.5 Å². The van der Waals surface area contributed by atoms with Crippen LogP contribution in [0.1, 0.15) is 28.9 Å². The first-order valence-corrected chi connectivity index (χ1v) is 8.12. The summed E-state index contributed by atoms with van der Waals surface area (Å²) < 4.78 is 1.18. The molecule has 0 bridgehead atoms. The molecule has 1 aliphatic heterocycles. The molecule has 2 N–H and O–H groups in total. The maximum Gasteiger partial charge on any atom is 0.261 e. The van der Waals surface area contributed by atoms with Gasteiger partial charge in [-0.15, -0.1) is 23.7 Å². The van der Waals surface area contributed by atoms with E-state index in [4.69, 9.17) is 0 Å². The van der Waals surface area contributed by atoms with Gasteiger partial charge in [-0.1, -0.05) is 18.2 Å². The van der Waals surface area contributed by atoms with Crippen LogP contribution >= 0.6 is 23.7 Å². The molecule has 0 aliphatic carbocycles. The molecule has 0 spiro atoms. The molecule has 1 aromatic carbocycles. The molecular weight excluding hydrogens is 304 g/mol. The number of carbonyl (C=O) groups is 1. The molecule has 0 saturated carbocycles. The van der Waals surface area contributed by atoms with Gasteiger partial charge in [0.25, 0.3) is 5.91 Å². The number of rotatable bonds is 4. The molecule has 21 heavy (non-hydrogen) atoms. The van der Waals surface area contributed by atoms with E-state index in [0.717, 1.165) is 36.3 Å². The van der Waals surface area contributed by atoms with Crippen LogP contribution in [0, 0.1) is 5.92 Å². The van der Waals surface area contributed by atoms with E-state index in [1.807, 2.05) is 18.2 Å². The van der Waals surface area contributed by atoms with Crippen molar-refractivity contribution in [3.63, 3.8) is 0 Å². The number of piperidine rings is 1. The Labute approximate surface area is 135 Å². The number of thiophene rings is 1. The third-order valence-corrected chi connectivity index (χ3v) is 5.00. The van der Waals surface area contributed by atoms with Crippen LogP contribution in [0.2, 0.25) is 0 Å². The Morgan fingerprint density at radius 1 is 1.38 bits per heavy atom. The van der Waals surface area contributed by atoms with E-state index in [-0.39, 0.29) is 18.3 Å². The predicted octanol–water partition coefficient (Wildman–Crippen LogP) is 3.44. The van der Waals surface area contributed by atoms with Crippen molar-refractivity contribution in [2.24, 2.45) is 5.92 Å². The van der Waals surface area contributed by atoms with Crippen molar-refractivity contribution >= 4 is 39.7 Å². The number of hydrogen-bond acceptors (Lipinski definition) is 3. The third-order valence-electron chi connectivity index (χ3n) is 3.89. The lowest BCUT2D eigenvalue weighted by atomic mass is 9.96. The summed E-state index contributed by atoms with van der Waals surface area (Å²) in [7, 11) is 0. The van der Waals surface area contributed by atoms with Crippen LogP contribution < -0.4 is 10.6 Å². The molecule has 1 unspecified atom stereocenters. The second kappa shape index (κ2) is 7.78. The van der Waals surface area contributed by atoms with Crippen molar-refractivity contribution in [1.82, 2.24) is 10.6 Å². The van der Waals surface area contributed by atoms with E-state index >= 15 is 0 Å². The second-order valence-corrected chi connectivity index (χ2v) is 6.49. The molecular formula is C16H21ClN2OS. The van der Waals surface area contributed by atoms with Gasteiger partial charge in [0.2, 0.25) is 0 Å². The fourth-order valence-electron chi connectivity index (χ4n) is 2.74. The maximum absolute atomic E-state index is 12.1. The van der Waals surface area contributed by atoms with E-state index < -0.39 is 0 Å². The summed E-state index contributed by atoms with van der Waals surface area (Å²) in [5, 5.41) is 7.61.